The van der Waals surface area contributed by atoms with Gasteiger partial charge in [-0.3, -0.25) is 0 Å². The largest absolute Gasteiger partial charge is 0.330 e. The van der Waals surface area contributed by atoms with E-state index in [-0.39, 0.29) is 6.04 Å². The number of rotatable bonds is 4. The SMILES string of the molecule is CCc1ccc2c(c1)nc(C(N)CC(C)C)n2C. The maximum Gasteiger partial charge on any atom is 0.126 e. The lowest BCUT2D eigenvalue weighted by atomic mass is 10.0. The van der Waals surface area contributed by atoms with E-state index in [0.29, 0.717) is 5.92 Å². The Kier molecular flexibility index (Phi) is 3.71. The van der Waals surface area contributed by atoms with Crippen LogP contribution < -0.4 is 5.73 Å². The molecular weight excluding hydrogens is 222 g/mol. The maximum absolute atomic E-state index is 6.25. The van der Waals surface area contributed by atoms with Crippen LogP contribution >= 0.6 is 0 Å². The highest BCUT2D eigenvalue weighted by molar-refractivity contribution is 5.77. The summed E-state index contributed by atoms with van der Waals surface area (Å²) in [5.41, 5.74) is 9.80. The molecule has 1 heterocycles. The smallest absolute Gasteiger partial charge is 0.126 e. The number of nitrogens with two attached hydrogens (primary N) is 1. The molecule has 2 N–H and O–H groups in total. The minimum Gasteiger partial charge on any atom is -0.330 e. The second-order valence-corrected chi connectivity index (χ2v) is 5.44. The van der Waals surface area contributed by atoms with Crippen molar-refractivity contribution in [1.29, 1.82) is 0 Å². The molecule has 1 unspecified atom stereocenters. The molecule has 1 aromatic heterocycles. The molecule has 0 bridgehead atoms. The van der Waals surface area contributed by atoms with Crippen LogP contribution in [0.4, 0.5) is 0 Å². The minimum absolute atomic E-state index is 0.0208. The molecule has 0 fully saturated rings. The summed E-state index contributed by atoms with van der Waals surface area (Å²) >= 11 is 0. The number of aromatic nitrogens is 2. The molecule has 1 atom stereocenters. The first-order chi connectivity index (χ1) is 8.52. The molecule has 0 spiro atoms. The van der Waals surface area contributed by atoms with Crippen molar-refractivity contribution in [2.75, 3.05) is 0 Å². The second kappa shape index (κ2) is 5.11. The monoisotopic (exact) mass is 245 g/mol. The van der Waals surface area contributed by atoms with Crippen LogP contribution in [0.1, 0.15) is 44.6 Å². The van der Waals surface area contributed by atoms with Gasteiger partial charge in [-0.2, -0.15) is 0 Å². The Morgan fingerprint density at radius 3 is 2.67 bits per heavy atom. The van der Waals surface area contributed by atoms with E-state index in [9.17, 15) is 0 Å². The summed E-state index contributed by atoms with van der Waals surface area (Å²) in [6, 6.07) is 6.50. The number of aryl methyl sites for hydroxylation is 2. The van der Waals surface area contributed by atoms with E-state index < -0.39 is 0 Å². The molecule has 0 saturated carbocycles. The van der Waals surface area contributed by atoms with Gasteiger partial charge in [0.1, 0.15) is 5.82 Å². The van der Waals surface area contributed by atoms with Crippen LogP contribution in [-0.4, -0.2) is 9.55 Å². The van der Waals surface area contributed by atoms with Crippen molar-refractivity contribution in [2.24, 2.45) is 18.7 Å². The van der Waals surface area contributed by atoms with Gasteiger partial charge in [0.15, 0.2) is 0 Å². The van der Waals surface area contributed by atoms with Gasteiger partial charge >= 0.3 is 0 Å². The number of hydrogen-bond donors (Lipinski definition) is 1. The van der Waals surface area contributed by atoms with E-state index in [1.807, 2.05) is 0 Å². The molecule has 2 rings (SSSR count). The van der Waals surface area contributed by atoms with Crippen LogP contribution in [0.5, 0.6) is 0 Å². The number of fused-ring (bicyclic) bond motifs is 1. The van der Waals surface area contributed by atoms with Crippen LogP contribution in [0.25, 0.3) is 11.0 Å². The lowest BCUT2D eigenvalue weighted by Crippen LogP contribution is -2.17. The first-order valence-electron chi connectivity index (χ1n) is 6.73. The number of imidazole rings is 1. The van der Waals surface area contributed by atoms with Crippen molar-refractivity contribution in [3.05, 3.63) is 29.6 Å². The summed E-state index contributed by atoms with van der Waals surface area (Å²) in [6.45, 7) is 6.55. The zero-order valence-corrected chi connectivity index (χ0v) is 11.8. The van der Waals surface area contributed by atoms with E-state index >= 15 is 0 Å². The van der Waals surface area contributed by atoms with E-state index in [1.54, 1.807) is 0 Å². The molecule has 3 heteroatoms. The third kappa shape index (κ3) is 2.41. The average molecular weight is 245 g/mol. The van der Waals surface area contributed by atoms with Crippen LogP contribution in [0.3, 0.4) is 0 Å². The van der Waals surface area contributed by atoms with Gasteiger partial charge in [-0.15, -0.1) is 0 Å². The molecule has 1 aromatic carbocycles. The van der Waals surface area contributed by atoms with Gasteiger partial charge in [-0.25, -0.2) is 4.98 Å². The zero-order chi connectivity index (χ0) is 13.3. The Morgan fingerprint density at radius 1 is 1.33 bits per heavy atom. The normalized spacial score (nSPS) is 13.4. The predicted molar refractivity (Wildman–Crippen MR) is 76.5 cm³/mol. The van der Waals surface area contributed by atoms with Crippen LogP contribution in [-0.2, 0) is 13.5 Å². The lowest BCUT2D eigenvalue weighted by molar-refractivity contribution is 0.485. The van der Waals surface area contributed by atoms with E-state index in [2.05, 4.69) is 50.6 Å². The van der Waals surface area contributed by atoms with Crippen LogP contribution in [0.15, 0.2) is 18.2 Å². The van der Waals surface area contributed by atoms with Crippen molar-refractivity contribution in [3.8, 4) is 0 Å². The molecule has 0 radical (unpaired) electrons. The van der Waals surface area contributed by atoms with Crippen molar-refractivity contribution in [2.45, 2.75) is 39.7 Å². The number of hydrogen-bond acceptors (Lipinski definition) is 2. The molecule has 0 aliphatic carbocycles. The standard InChI is InChI=1S/C15H23N3/c1-5-11-6-7-14-13(9-11)17-15(18(14)4)12(16)8-10(2)3/h6-7,9-10,12H,5,8,16H2,1-4H3. The molecule has 2 aromatic rings. The van der Waals surface area contributed by atoms with Gasteiger partial charge in [0.25, 0.3) is 0 Å². The zero-order valence-electron chi connectivity index (χ0n) is 11.8. The fourth-order valence-corrected chi connectivity index (χ4v) is 2.43. The van der Waals surface area contributed by atoms with Crippen molar-refractivity contribution < 1.29 is 0 Å². The molecule has 3 nitrogen and oxygen atoms in total. The van der Waals surface area contributed by atoms with Gasteiger partial charge in [-0.1, -0.05) is 26.8 Å². The predicted octanol–water partition coefficient (Wildman–Crippen LogP) is 3.18. The van der Waals surface area contributed by atoms with Gasteiger partial charge in [0, 0.05) is 7.05 Å². The van der Waals surface area contributed by atoms with Gasteiger partial charge in [0.2, 0.25) is 0 Å². The highest BCUT2D eigenvalue weighted by Gasteiger charge is 2.16. The van der Waals surface area contributed by atoms with Gasteiger partial charge in [0.05, 0.1) is 17.1 Å². The Hall–Kier alpha value is -1.35. The summed E-state index contributed by atoms with van der Waals surface area (Å²) in [4.78, 5) is 4.71. The summed E-state index contributed by atoms with van der Waals surface area (Å²) in [7, 11) is 2.05. The third-order valence-corrected chi connectivity index (χ3v) is 3.45. The molecule has 0 aliphatic heterocycles. The summed E-state index contributed by atoms with van der Waals surface area (Å²) in [6.07, 6.45) is 2.01. The molecule has 18 heavy (non-hydrogen) atoms. The Morgan fingerprint density at radius 2 is 2.06 bits per heavy atom. The third-order valence-electron chi connectivity index (χ3n) is 3.45. The van der Waals surface area contributed by atoms with Crippen LogP contribution in [0, 0.1) is 5.92 Å². The topological polar surface area (TPSA) is 43.8 Å². The Labute approximate surface area is 109 Å². The quantitative estimate of drug-likeness (QED) is 0.899. The van der Waals surface area contributed by atoms with Crippen molar-refractivity contribution in [3.63, 3.8) is 0 Å². The van der Waals surface area contributed by atoms with Gasteiger partial charge < -0.3 is 10.3 Å². The Bertz CT molecular complexity index is 540. The molecule has 0 saturated heterocycles. The van der Waals surface area contributed by atoms with E-state index in [1.165, 1.54) is 11.1 Å². The highest BCUT2D eigenvalue weighted by Crippen LogP contribution is 2.23. The maximum atomic E-state index is 6.25. The first-order valence-corrected chi connectivity index (χ1v) is 6.73. The number of nitrogens with zero attached hydrogens (tertiary/aromatic N) is 2. The van der Waals surface area contributed by atoms with Crippen molar-refractivity contribution in [1.82, 2.24) is 9.55 Å². The van der Waals surface area contributed by atoms with Crippen molar-refractivity contribution >= 4 is 11.0 Å². The fraction of sp³-hybridized carbons (Fsp3) is 0.533. The van der Waals surface area contributed by atoms with E-state index in [0.717, 1.165) is 24.2 Å². The second-order valence-electron chi connectivity index (χ2n) is 5.44. The summed E-state index contributed by atoms with van der Waals surface area (Å²) < 4.78 is 2.13. The highest BCUT2D eigenvalue weighted by atomic mass is 15.1. The molecule has 0 aliphatic rings. The molecule has 98 valence electrons. The van der Waals surface area contributed by atoms with Crippen LogP contribution in [0.2, 0.25) is 0 Å². The lowest BCUT2D eigenvalue weighted by Gasteiger charge is -2.13. The summed E-state index contributed by atoms with van der Waals surface area (Å²) in [5.74, 6) is 1.58. The first kappa shape index (κ1) is 13.1. The fourth-order valence-electron chi connectivity index (χ4n) is 2.43. The number of benzene rings is 1. The molecule has 0 amide bonds. The average Bonchev–Trinajstić information content (AvgIpc) is 2.65. The Balaban J connectivity index is 2.43. The minimum atomic E-state index is 0.0208. The summed E-state index contributed by atoms with van der Waals surface area (Å²) in [5, 5.41) is 0. The van der Waals surface area contributed by atoms with Gasteiger partial charge in [-0.05, 0) is 36.5 Å². The molecular formula is C15H23N3. The van der Waals surface area contributed by atoms with E-state index in [4.69, 9.17) is 10.7 Å².